The molecule has 0 amide bonds. The minimum atomic E-state index is -0.506. The van der Waals surface area contributed by atoms with Crippen LogP contribution in [0.15, 0.2) is 18.2 Å². The molecule has 0 bridgehead atoms. The normalized spacial score (nSPS) is 11.5. The topological polar surface area (TPSA) is 17.1 Å². The lowest BCUT2D eigenvalue weighted by atomic mass is 9.88. The number of benzene rings is 1. The second-order valence-corrected chi connectivity index (χ2v) is 5.22. The Labute approximate surface area is 94.3 Å². The highest BCUT2D eigenvalue weighted by molar-refractivity contribution is 6.31. The molecule has 0 radical (unpaired) electrons. The van der Waals surface area contributed by atoms with Gasteiger partial charge in [-0.15, -0.1) is 0 Å². The third-order valence-corrected chi connectivity index (χ3v) is 2.15. The standard InChI is InChI=1S/C12H14ClFO/c1-12(2,3)7-11(15)9-6-8(13)4-5-10(9)14/h4-6H,7H2,1-3H3. The van der Waals surface area contributed by atoms with Gasteiger partial charge in [-0.2, -0.15) is 0 Å². The van der Waals surface area contributed by atoms with E-state index in [-0.39, 0.29) is 16.8 Å². The molecule has 0 heterocycles. The molecule has 0 unspecified atom stereocenters. The molecule has 82 valence electrons. The highest BCUT2D eigenvalue weighted by Gasteiger charge is 2.19. The van der Waals surface area contributed by atoms with Crippen LogP contribution in [0.1, 0.15) is 37.6 Å². The van der Waals surface area contributed by atoms with Crippen molar-refractivity contribution >= 4 is 17.4 Å². The van der Waals surface area contributed by atoms with E-state index >= 15 is 0 Å². The molecular weight excluding hydrogens is 215 g/mol. The molecular formula is C12H14ClFO. The summed E-state index contributed by atoms with van der Waals surface area (Å²) in [4.78, 5) is 11.7. The highest BCUT2D eigenvalue weighted by Crippen LogP contribution is 2.24. The molecule has 0 N–H and O–H groups in total. The summed E-state index contributed by atoms with van der Waals surface area (Å²) in [6, 6.07) is 4.04. The van der Waals surface area contributed by atoms with Crippen LogP contribution in [0.5, 0.6) is 0 Å². The molecule has 0 saturated carbocycles. The fourth-order valence-corrected chi connectivity index (χ4v) is 1.46. The number of ketones is 1. The fraction of sp³-hybridized carbons (Fsp3) is 0.417. The van der Waals surface area contributed by atoms with Crippen molar-refractivity contribution in [3.05, 3.63) is 34.6 Å². The van der Waals surface area contributed by atoms with Crippen molar-refractivity contribution in [1.29, 1.82) is 0 Å². The van der Waals surface area contributed by atoms with Gasteiger partial charge in [-0.05, 0) is 23.6 Å². The van der Waals surface area contributed by atoms with E-state index < -0.39 is 5.82 Å². The molecule has 0 spiro atoms. The number of halogens is 2. The lowest BCUT2D eigenvalue weighted by molar-refractivity contribution is 0.0936. The quantitative estimate of drug-likeness (QED) is 0.697. The number of carbonyl (C=O) groups is 1. The van der Waals surface area contributed by atoms with Crippen molar-refractivity contribution in [1.82, 2.24) is 0 Å². The first-order valence-corrected chi connectivity index (χ1v) is 5.16. The van der Waals surface area contributed by atoms with Crippen LogP contribution in [0, 0.1) is 11.2 Å². The Bertz CT molecular complexity index is 380. The molecule has 1 aromatic rings. The van der Waals surface area contributed by atoms with Gasteiger partial charge in [0.25, 0.3) is 0 Å². The SMILES string of the molecule is CC(C)(C)CC(=O)c1cc(Cl)ccc1F. The van der Waals surface area contributed by atoms with Crippen LogP contribution in [0.25, 0.3) is 0 Å². The van der Waals surface area contributed by atoms with Crippen LogP contribution in [0.2, 0.25) is 5.02 Å². The average molecular weight is 229 g/mol. The van der Waals surface area contributed by atoms with Gasteiger partial charge in [0.1, 0.15) is 5.82 Å². The van der Waals surface area contributed by atoms with Crippen molar-refractivity contribution in [2.24, 2.45) is 5.41 Å². The summed E-state index contributed by atoms with van der Waals surface area (Å²) in [6.45, 7) is 5.81. The first-order valence-electron chi connectivity index (χ1n) is 4.78. The number of Topliss-reactive ketones (excluding diaryl/α,β-unsaturated/α-hetero) is 1. The molecule has 0 aliphatic carbocycles. The Morgan fingerprint density at radius 3 is 2.53 bits per heavy atom. The van der Waals surface area contributed by atoms with Gasteiger partial charge in [0.15, 0.2) is 5.78 Å². The molecule has 3 heteroatoms. The number of hydrogen-bond donors (Lipinski definition) is 0. The maximum Gasteiger partial charge on any atom is 0.166 e. The van der Waals surface area contributed by atoms with E-state index in [0.717, 1.165) is 0 Å². The Kier molecular flexibility index (Phi) is 3.50. The minimum absolute atomic E-state index is 0.0809. The van der Waals surface area contributed by atoms with Crippen LogP contribution in [-0.2, 0) is 0 Å². The molecule has 15 heavy (non-hydrogen) atoms. The highest BCUT2D eigenvalue weighted by atomic mass is 35.5. The molecule has 0 saturated heterocycles. The van der Waals surface area contributed by atoms with E-state index in [2.05, 4.69) is 0 Å². The van der Waals surface area contributed by atoms with E-state index in [0.29, 0.717) is 11.4 Å². The van der Waals surface area contributed by atoms with Gasteiger partial charge in [0, 0.05) is 11.4 Å². The Morgan fingerprint density at radius 1 is 1.40 bits per heavy atom. The zero-order chi connectivity index (χ0) is 11.6. The molecule has 1 rings (SSSR count). The van der Waals surface area contributed by atoms with E-state index in [1.165, 1.54) is 18.2 Å². The molecule has 0 atom stereocenters. The number of carbonyl (C=O) groups excluding carboxylic acids is 1. The van der Waals surface area contributed by atoms with Gasteiger partial charge in [0.2, 0.25) is 0 Å². The zero-order valence-corrected chi connectivity index (χ0v) is 9.86. The Balaban J connectivity index is 2.96. The van der Waals surface area contributed by atoms with E-state index in [1.54, 1.807) is 0 Å². The summed E-state index contributed by atoms with van der Waals surface area (Å²) in [5, 5.41) is 0.383. The van der Waals surface area contributed by atoms with Gasteiger partial charge < -0.3 is 0 Å². The van der Waals surface area contributed by atoms with Gasteiger partial charge in [-0.3, -0.25) is 4.79 Å². The average Bonchev–Trinajstić information content (AvgIpc) is 2.06. The second kappa shape index (κ2) is 4.31. The van der Waals surface area contributed by atoms with Crippen LogP contribution >= 0.6 is 11.6 Å². The van der Waals surface area contributed by atoms with E-state index in [1.807, 2.05) is 20.8 Å². The van der Waals surface area contributed by atoms with Crippen molar-refractivity contribution in [2.75, 3.05) is 0 Å². The number of hydrogen-bond acceptors (Lipinski definition) is 1. The van der Waals surface area contributed by atoms with Gasteiger partial charge >= 0.3 is 0 Å². The summed E-state index contributed by atoms with van der Waals surface area (Å²) in [5.74, 6) is -0.712. The summed E-state index contributed by atoms with van der Waals surface area (Å²) in [6.07, 6.45) is 0.310. The van der Waals surface area contributed by atoms with Crippen LogP contribution in [0.3, 0.4) is 0 Å². The lowest BCUT2D eigenvalue weighted by Gasteiger charge is -2.16. The first kappa shape index (κ1) is 12.2. The lowest BCUT2D eigenvalue weighted by Crippen LogP contribution is -2.14. The molecule has 0 aromatic heterocycles. The number of rotatable bonds is 2. The zero-order valence-electron chi connectivity index (χ0n) is 9.10. The van der Waals surface area contributed by atoms with E-state index in [9.17, 15) is 9.18 Å². The molecule has 1 nitrogen and oxygen atoms in total. The van der Waals surface area contributed by atoms with Crippen molar-refractivity contribution in [3.63, 3.8) is 0 Å². The molecule has 1 aromatic carbocycles. The van der Waals surface area contributed by atoms with Crippen LogP contribution in [-0.4, -0.2) is 5.78 Å². The summed E-state index contributed by atoms with van der Waals surface area (Å²) < 4.78 is 13.3. The smallest absolute Gasteiger partial charge is 0.166 e. The largest absolute Gasteiger partial charge is 0.294 e. The minimum Gasteiger partial charge on any atom is -0.294 e. The molecule has 0 aliphatic rings. The van der Waals surface area contributed by atoms with Gasteiger partial charge in [-0.25, -0.2) is 4.39 Å². The van der Waals surface area contributed by atoms with Crippen molar-refractivity contribution < 1.29 is 9.18 Å². The Morgan fingerprint density at radius 2 is 2.00 bits per heavy atom. The summed E-state index contributed by atoms with van der Waals surface area (Å²) >= 11 is 5.71. The maximum atomic E-state index is 13.3. The maximum absolute atomic E-state index is 13.3. The van der Waals surface area contributed by atoms with Crippen LogP contribution in [0.4, 0.5) is 4.39 Å². The van der Waals surface area contributed by atoms with E-state index in [4.69, 9.17) is 11.6 Å². The summed E-state index contributed by atoms with van der Waals surface area (Å²) in [5.41, 5.74) is -0.0660. The predicted octanol–water partition coefficient (Wildman–Crippen LogP) is 4.10. The molecule has 0 aliphatic heterocycles. The Hall–Kier alpha value is -0.890. The second-order valence-electron chi connectivity index (χ2n) is 4.78. The fourth-order valence-electron chi connectivity index (χ4n) is 1.29. The van der Waals surface area contributed by atoms with Crippen molar-refractivity contribution in [3.8, 4) is 0 Å². The third kappa shape index (κ3) is 3.63. The van der Waals surface area contributed by atoms with Crippen molar-refractivity contribution in [2.45, 2.75) is 27.2 Å². The van der Waals surface area contributed by atoms with Gasteiger partial charge in [-0.1, -0.05) is 32.4 Å². The molecule has 0 fully saturated rings. The monoisotopic (exact) mass is 228 g/mol. The third-order valence-electron chi connectivity index (χ3n) is 1.92. The first-order chi connectivity index (χ1) is 6.79. The van der Waals surface area contributed by atoms with Gasteiger partial charge in [0.05, 0.1) is 5.56 Å². The predicted molar refractivity (Wildman–Crippen MR) is 59.8 cm³/mol. The summed E-state index contributed by atoms with van der Waals surface area (Å²) in [7, 11) is 0. The van der Waals surface area contributed by atoms with Crippen LogP contribution < -0.4 is 0 Å².